The van der Waals surface area contributed by atoms with Gasteiger partial charge in [-0.05, 0) is 7.05 Å². The third kappa shape index (κ3) is 5.06. The van der Waals surface area contributed by atoms with Crippen LogP contribution in [0.25, 0.3) is 0 Å². The number of amides is 1. The summed E-state index contributed by atoms with van der Waals surface area (Å²) in [6.45, 7) is 4.17. The van der Waals surface area contributed by atoms with Crippen LogP contribution in [0.15, 0.2) is 4.99 Å². The molecule has 0 aromatic carbocycles. The quantitative estimate of drug-likeness (QED) is 0.518. The Labute approximate surface area is 116 Å². The molecule has 0 bridgehead atoms. The van der Waals surface area contributed by atoms with Crippen molar-refractivity contribution in [3.8, 4) is 0 Å². The summed E-state index contributed by atoms with van der Waals surface area (Å²) in [4.78, 5) is 24.6. The summed E-state index contributed by atoms with van der Waals surface area (Å²) in [5.41, 5.74) is 0. The van der Waals surface area contributed by atoms with Gasteiger partial charge < -0.3 is 19.6 Å². The molecule has 110 valence electrons. The average molecular weight is 269 g/mol. The molecule has 0 unspecified atom stereocenters. The highest BCUT2D eigenvalue weighted by Gasteiger charge is 2.18. The number of carbonyl (C=O) groups is 1. The highest BCUT2D eigenvalue weighted by atomic mass is 16.2. The topological polar surface area (TPSA) is 42.4 Å². The number of rotatable bonds is 3. The number of guanidine groups is 1. The van der Waals surface area contributed by atoms with Crippen molar-refractivity contribution in [3.05, 3.63) is 0 Å². The normalized spacial score (nSPS) is 16.2. The maximum atomic E-state index is 12.0. The molecule has 6 nitrogen and oxygen atoms in total. The molecule has 1 amide bonds. The first-order chi connectivity index (χ1) is 8.91. The van der Waals surface area contributed by atoms with Crippen molar-refractivity contribution >= 4 is 11.9 Å². The van der Waals surface area contributed by atoms with Gasteiger partial charge in [0.25, 0.3) is 0 Å². The minimum absolute atomic E-state index is 0.216. The first-order valence-electron chi connectivity index (χ1n) is 6.77. The van der Waals surface area contributed by atoms with Gasteiger partial charge in [0, 0.05) is 60.8 Å². The Morgan fingerprint density at radius 1 is 1.05 bits per heavy atom. The van der Waals surface area contributed by atoms with Gasteiger partial charge in [-0.3, -0.25) is 9.79 Å². The van der Waals surface area contributed by atoms with E-state index in [1.807, 2.05) is 42.9 Å². The minimum Gasteiger partial charge on any atom is -0.349 e. The molecule has 1 saturated heterocycles. The molecule has 1 heterocycles. The van der Waals surface area contributed by atoms with Crippen molar-refractivity contribution in [2.24, 2.45) is 4.99 Å². The van der Waals surface area contributed by atoms with Crippen molar-refractivity contribution in [2.45, 2.75) is 6.42 Å². The summed E-state index contributed by atoms with van der Waals surface area (Å²) >= 11 is 0. The number of aliphatic imine (C=N–C) groups is 1. The largest absolute Gasteiger partial charge is 0.349 e. The molecule has 1 aliphatic rings. The number of carbonyl (C=O) groups excluding carboxylic acids is 1. The van der Waals surface area contributed by atoms with Crippen LogP contribution in [0.1, 0.15) is 6.42 Å². The van der Waals surface area contributed by atoms with Gasteiger partial charge in [0.15, 0.2) is 5.96 Å². The summed E-state index contributed by atoms with van der Waals surface area (Å²) in [5.74, 6) is 1.11. The minimum atomic E-state index is 0.216. The first kappa shape index (κ1) is 15.8. The Bertz CT molecular complexity index is 309. The Morgan fingerprint density at radius 2 is 1.58 bits per heavy atom. The molecule has 0 N–H and O–H groups in total. The molecule has 1 fully saturated rings. The average Bonchev–Trinajstić information content (AvgIpc) is 2.34. The Balaban J connectivity index is 2.39. The monoisotopic (exact) mass is 269 g/mol. The van der Waals surface area contributed by atoms with Crippen LogP contribution in [0, 0.1) is 0 Å². The summed E-state index contributed by atoms with van der Waals surface area (Å²) < 4.78 is 0. The van der Waals surface area contributed by atoms with Gasteiger partial charge in [-0.25, -0.2) is 0 Å². The van der Waals surface area contributed by atoms with E-state index < -0.39 is 0 Å². The van der Waals surface area contributed by atoms with E-state index in [0.29, 0.717) is 13.0 Å². The molecule has 0 atom stereocenters. The van der Waals surface area contributed by atoms with Crippen molar-refractivity contribution in [2.75, 3.05) is 68.0 Å². The van der Waals surface area contributed by atoms with Gasteiger partial charge in [-0.1, -0.05) is 0 Å². The lowest BCUT2D eigenvalue weighted by Gasteiger charge is -2.32. The van der Waals surface area contributed by atoms with Crippen LogP contribution in [0.2, 0.25) is 0 Å². The molecule has 0 aliphatic carbocycles. The van der Waals surface area contributed by atoms with E-state index in [4.69, 9.17) is 0 Å². The summed E-state index contributed by atoms with van der Waals surface area (Å²) in [6.07, 6.45) is 0.495. The third-order valence-electron chi connectivity index (χ3n) is 3.23. The number of hydrogen-bond acceptors (Lipinski definition) is 3. The first-order valence-corrected chi connectivity index (χ1v) is 6.77. The fourth-order valence-electron chi connectivity index (χ4n) is 2.15. The van der Waals surface area contributed by atoms with Crippen LogP contribution in [0.3, 0.4) is 0 Å². The standard InChI is InChI=1S/C13H27N5O/c1-15(2)13(16(3)4)14-7-6-12(19)18-10-8-17(5)9-11-18/h6-11H2,1-5H3. The van der Waals surface area contributed by atoms with Crippen LogP contribution in [0.5, 0.6) is 0 Å². The number of piperazine rings is 1. The SMILES string of the molecule is CN1CCN(C(=O)CCN=C(N(C)C)N(C)C)CC1. The van der Waals surface area contributed by atoms with Crippen molar-refractivity contribution in [1.29, 1.82) is 0 Å². The lowest BCUT2D eigenvalue weighted by molar-refractivity contribution is -0.132. The van der Waals surface area contributed by atoms with Crippen LogP contribution in [-0.2, 0) is 4.79 Å². The molecular formula is C13H27N5O. The predicted molar refractivity (Wildman–Crippen MR) is 78.4 cm³/mol. The Hall–Kier alpha value is -1.30. The van der Waals surface area contributed by atoms with E-state index in [2.05, 4.69) is 16.9 Å². The lowest BCUT2D eigenvalue weighted by atomic mass is 10.3. The Kier molecular flexibility index (Phi) is 6.08. The third-order valence-corrected chi connectivity index (χ3v) is 3.23. The second-order valence-electron chi connectivity index (χ2n) is 5.40. The molecular weight excluding hydrogens is 242 g/mol. The molecule has 19 heavy (non-hydrogen) atoms. The fourth-order valence-corrected chi connectivity index (χ4v) is 2.15. The molecule has 0 spiro atoms. The molecule has 0 aromatic heterocycles. The van der Waals surface area contributed by atoms with E-state index in [-0.39, 0.29) is 5.91 Å². The van der Waals surface area contributed by atoms with Crippen LogP contribution >= 0.6 is 0 Å². The summed E-state index contributed by atoms with van der Waals surface area (Å²) in [7, 11) is 9.93. The molecule has 0 aromatic rings. The highest BCUT2D eigenvalue weighted by Crippen LogP contribution is 2.02. The second kappa shape index (κ2) is 7.33. The maximum Gasteiger partial charge on any atom is 0.224 e. The summed E-state index contributed by atoms with van der Waals surface area (Å²) in [5, 5.41) is 0. The number of likely N-dealkylation sites (N-methyl/N-ethyl adjacent to an activating group) is 1. The molecule has 1 rings (SSSR count). The van der Waals surface area contributed by atoms with Crippen LogP contribution in [0.4, 0.5) is 0 Å². The molecule has 0 radical (unpaired) electrons. The van der Waals surface area contributed by atoms with E-state index in [0.717, 1.165) is 32.1 Å². The zero-order valence-electron chi connectivity index (χ0n) is 12.9. The lowest BCUT2D eigenvalue weighted by Crippen LogP contribution is -2.47. The fraction of sp³-hybridized carbons (Fsp3) is 0.846. The second-order valence-corrected chi connectivity index (χ2v) is 5.40. The molecule has 6 heteroatoms. The van der Waals surface area contributed by atoms with Crippen LogP contribution in [-0.4, -0.2) is 99.4 Å². The predicted octanol–water partition coefficient (Wildman–Crippen LogP) is -0.370. The van der Waals surface area contributed by atoms with Gasteiger partial charge in [-0.15, -0.1) is 0 Å². The van der Waals surface area contributed by atoms with E-state index >= 15 is 0 Å². The van der Waals surface area contributed by atoms with E-state index in [1.165, 1.54) is 0 Å². The Morgan fingerprint density at radius 3 is 2.05 bits per heavy atom. The molecule has 1 aliphatic heterocycles. The van der Waals surface area contributed by atoms with E-state index in [9.17, 15) is 4.79 Å². The van der Waals surface area contributed by atoms with Crippen molar-refractivity contribution < 1.29 is 4.79 Å². The highest BCUT2D eigenvalue weighted by molar-refractivity contribution is 5.80. The molecule has 0 saturated carbocycles. The number of hydrogen-bond donors (Lipinski definition) is 0. The van der Waals surface area contributed by atoms with Gasteiger partial charge in [0.1, 0.15) is 0 Å². The maximum absolute atomic E-state index is 12.0. The van der Waals surface area contributed by atoms with Gasteiger partial charge in [0.05, 0.1) is 6.54 Å². The number of nitrogens with zero attached hydrogens (tertiary/aromatic N) is 5. The van der Waals surface area contributed by atoms with Gasteiger partial charge >= 0.3 is 0 Å². The zero-order valence-corrected chi connectivity index (χ0v) is 12.9. The van der Waals surface area contributed by atoms with Gasteiger partial charge in [-0.2, -0.15) is 0 Å². The summed E-state index contributed by atoms with van der Waals surface area (Å²) in [6, 6.07) is 0. The zero-order chi connectivity index (χ0) is 14.4. The smallest absolute Gasteiger partial charge is 0.224 e. The van der Waals surface area contributed by atoms with Crippen LogP contribution < -0.4 is 0 Å². The van der Waals surface area contributed by atoms with Gasteiger partial charge in [0.2, 0.25) is 5.91 Å². The van der Waals surface area contributed by atoms with Crippen molar-refractivity contribution in [1.82, 2.24) is 19.6 Å². The van der Waals surface area contributed by atoms with Crippen molar-refractivity contribution in [3.63, 3.8) is 0 Å². The van der Waals surface area contributed by atoms with E-state index in [1.54, 1.807) is 0 Å².